The minimum atomic E-state index is -3.08. The van der Waals surface area contributed by atoms with E-state index in [1.54, 1.807) is 36.3 Å². The van der Waals surface area contributed by atoms with Crippen LogP contribution in [0, 0.1) is 0 Å². The number of methoxy groups -OCH3 is 1. The number of amides is 1. The number of nitrogens with zero attached hydrogens (tertiary/aromatic N) is 1. The first kappa shape index (κ1) is 13.9. The van der Waals surface area contributed by atoms with E-state index in [9.17, 15) is 13.2 Å². The Morgan fingerprint density at radius 2 is 2.16 bits per heavy atom. The maximum Gasteiger partial charge on any atom is 0.254 e. The number of likely N-dealkylation sites (tertiary alicyclic amines) is 1. The lowest BCUT2D eigenvalue weighted by Crippen LogP contribution is -2.31. The van der Waals surface area contributed by atoms with Crippen LogP contribution in [0.3, 0.4) is 0 Å². The van der Waals surface area contributed by atoms with Crippen LogP contribution in [-0.4, -0.2) is 50.9 Å². The molecule has 0 saturated carbocycles. The van der Waals surface area contributed by atoms with Crippen LogP contribution in [0.2, 0.25) is 0 Å². The lowest BCUT2D eigenvalue weighted by atomic mass is 10.2. The summed E-state index contributed by atoms with van der Waals surface area (Å²) in [6.45, 7) is 0.753. The van der Waals surface area contributed by atoms with E-state index >= 15 is 0 Å². The van der Waals surface area contributed by atoms with Gasteiger partial charge in [-0.2, -0.15) is 0 Å². The van der Waals surface area contributed by atoms with Crippen molar-refractivity contribution in [1.82, 2.24) is 4.90 Å². The number of benzene rings is 1. The molecular formula is C13H17NO4S. The zero-order chi connectivity index (χ0) is 14.0. The van der Waals surface area contributed by atoms with E-state index in [1.807, 2.05) is 0 Å². The molecule has 1 fully saturated rings. The molecule has 0 bridgehead atoms. The van der Waals surface area contributed by atoms with Crippen molar-refractivity contribution in [2.45, 2.75) is 11.7 Å². The van der Waals surface area contributed by atoms with Gasteiger partial charge in [-0.25, -0.2) is 8.42 Å². The van der Waals surface area contributed by atoms with Crippen LogP contribution in [0.1, 0.15) is 16.8 Å². The van der Waals surface area contributed by atoms with Crippen molar-refractivity contribution in [3.63, 3.8) is 0 Å². The van der Waals surface area contributed by atoms with Crippen LogP contribution < -0.4 is 4.74 Å². The van der Waals surface area contributed by atoms with E-state index in [0.717, 1.165) is 0 Å². The zero-order valence-electron chi connectivity index (χ0n) is 11.0. The average Bonchev–Trinajstić information content (AvgIpc) is 2.87. The Bertz CT molecular complexity index is 582. The van der Waals surface area contributed by atoms with Gasteiger partial charge in [-0.1, -0.05) is 6.07 Å². The highest BCUT2D eigenvalue weighted by Crippen LogP contribution is 2.20. The van der Waals surface area contributed by atoms with Crippen molar-refractivity contribution >= 4 is 15.7 Å². The van der Waals surface area contributed by atoms with E-state index in [-0.39, 0.29) is 12.5 Å². The molecule has 0 radical (unpaired) electrons. The highest BCUT2D eigenvalue weighted by molar-refractivity contribution is 7.91. The van der Waals surface area contributed by atoms with Gasteiger partial charge in [-0.3, -0.25) is 4.79 Å². The summed E-state index contributed by atoms with van der Waals surface area (Å²) >= 11 is 0. The molecule has 0 aliphatic carbocycles. The van der Waals surface area contributed by atoms with Crippen molar-refractivity contribution in [2.24, 2.45) is 0 Å². The molecule has 1 saturated heterocycles. The summed E-state index contributed by atoms with van der Waals surface area (Å²) in [4.78, 5) is 13.8. The maximum absolute atomic E-state index is 12.3. The number of ether oxygens (including phenoxy) is 1. The van der Waals surface area contributed by atoms with Gasteiger partial charge in [0.1, 0.15) is 5.75 Å². The van der Waals surface area contributed by atoms with Crippen LogP contribution in [0.15, 0.2) is 24.3 Å². The number of hydrogen-bond acceptors (Lipinski definition) is 4. The van der Waals surface area contributed by atoms with Crippen molar-refractivity contribution in [3.8, 4) is 5.75 Å². The number of rotatable bonds is 3. The fraction of sp³-hybridized carbons (Fsp3) is 0.462. The van der Waals surface area contributed by atoms with Crippen molar-refractivity contribution in [1.29, 1.82) is 0 Å². The minimum Gasteiger partial charge on any atom is -0.497 e. The SMILES string of the molecule is COc1cccc(C(=O)N2CC[C@@H](S(C)(=O)=O)C2)c1. The third kappa shape index (κ3) is 3.07. The van der Waals surface area contributed by atoms with Gasteiger partial charge in [-0.05, 0) is 24.6 Å². The van der Waals surface area contributed by atoms with Gasteiger partial charge in [0.25, 0.3) is 5.91 Å². The molecule has 1 atom stereocenters. The van der Waals surface area contributed by atoms with E-state index in [1.165, 1.54) is 6.26 Å². The van der Waals surface area contributed by atoms with Crippen molar-refractivity contribution < 1.29 is 17.9 Å². The van der Waals surface area contributed by atoms with E-state index in [4.69, 9.17) is 4.74 Å². The fourth-order valence-corrected chi connectivity index (χ4v) is 3.19. The highest BCUT2D eigenvalue weighted by atomic mass is 32.2. The third-order valence-corrected chi connectivity index (χ3v) is 4.95. The fourth-order valence-electron chi connectivity index (χ4n) is 2.20. The third-order valence-electron chi connectivity index (χ3n) is 3.35. The van der Waals surface area contributed by atoms with Gasteiger partial charge in [0.2, 0.25) is 0 Å². The molecule has 0 aromatic heterocycles. The average molecular weight is 283 g/mol. The highest BCUT2D eigenvalue weighted by Gasteiger charge is 2.32. The molecule has 0 spiro atoms. The Kier molecular flexibility index (Phi) is 3.80. The normalized spacial score (nSPS) is 19.5. The van der Waals surface area contributed by atoms with E-state index in [0.29, 0.717) is 24.3 Å². The zero-order valence-corrected chi connectivity index (χ0v) is 11.8. The maximum atomic E-state index is 12.3. The molecule has 2 rings (SSSR count). The summed E-state index contributed by atoms with van der Waals surface area (Å²) < 4.78 is 28.0. The van der Waals surface area contributed by atoms with E-state index in [2.05, 4.69) is 0 Å². The molecule has 1 heterocycles. The predicted molar refractivity (Wildman–Crippen MR) is 72.1 cm³/mol. The van der Waals surface area contributed by atoms with Gasteiger partial charge >= 0.3 is 0 Å². The van der Waals surface area contributed by atoms with Crippen LogP contribution in [0.4, 0.5) is 0 Å². The molecular weight excluding hydrogens is 266 g/mol. The monoisotopic (exact) mass is 283 g/mol. The number of carbonyl (C=O) groups excluding carboxylic acids is 1. The molecule has 0 unspecified atom stereocenters. The summed E-state index contributed by atoms with van der Waals surface area (Å²) in [6, 6.07) is 6.88. The molecule has 6 heteroatoms. The minimum absolute atomic E-state index is 0.148. The quantitative estimate of drug-likeness (QED) is 0.828. The molecule has 1 aromatic rings. The predicted octanol–water partition coefficient (Wildman–Crippen LogP) is 0.954. The topological polar surface area (TPSA) is 63.7 Å². The van der Waals surface area contributed by atoms with Gasteiger partial charge in [0, 0.05) is 24.9 Å². The Morgan fingerprint density at radius 1 is 1.42 bits per heavy atom. The summed E-state index contributed by atoms with van der Waals surface area (Å²) in [6.07, 6.45) is 1.73. The number of hydrogen-bond donors (Lipinski definition) is 0. The molecule has 1 aromatic carbocycles. The summed E-state index contributed by atoms with van der Waals surface area (Å²) in [5.74, 6) is 0.467. The molecule has 1 aliphatic rings. The Morgan fingerprint density at radius 3 is 2.74 bits per heavy atom. The molecule has 1 aliphatic heterocycles. The first-order valence-electron chi connectivity index (χ1n) is 6.04. The van der Waals surface area contributed by atoms with Crippen molar-refractivity contribution in [2.75, 3.05) is 26.5 Å². The Labute approximate surface area is 113 Å². The van der Waals surface area contributed by atoms with Gasteiger partial charge in [-0.15, -0.1) is 0 Å². The van der Waals surface area contributed by atoms with Crippen LogP contribution >= 0.6 is 0 Å². The second-order valence-corrected chi connectivity index (χ2v) is 7.05. The standard InChI is InChI=1S/C13H17NO4S/c1-18-11-5-3-4-10(8-11)13(15)14-7-6-12(9-14)19(2,16)17/h3-5,8,12H,6-7,9H2,1-2H3/t12-/m1/s1. The number of carbonyl (C=O) groups is 1. The molecule has 1 amide bonds. The summed E-state index contributed by atoms with van der Waals surface area (Å²) in [5, 5.41) is -0.443. The number of sulfone groups is 1. The molecule has 0 N–H and O–H groups in total. The molecule has 19 heavy (non-hydrogen) atoms. The summed E-state index contributed by atoms with van der Waals surface area (Å²) in [5.41, 5.74) is 0.522. The van der Waals surface area contributed by atoms with Gasteiger partial charge in [0.15, 0.2) is 9.84 Å². The smallest absolute Gasteiger partial charge is 0.254 e. The van der Waals surface area contributed by atoms with Crippen LogP contribution in [0.25, 0.3) is 0 Å². The summed E-state index contributed by atoms with van der Waals surface area (Å²) in [7, 11) is -1.54. The van der Waals surface area contributed by atoms with Crippen LogP contribution in [-0.2, 0) is 9.84 Å². The largest absolute Gasteiger partial charge is 0.497 e. The second-order valence-electron chi connectivity index (χ2n) is 4.72. The Balaban J connectivity index is 2.13. The molecule has 5 nitrogen and oxygen atoms in total. The van der Waals surface area contributed by atoms with Gasteiger partial charge < -0.3 is 9.64 Å². The lowest BCUT2D eigenvalue weighted by Gasteiger charge is -2.16. The van der Waals surface area contributed by atoms with Gasteiger partial charge in [0.05, 0.1) is 12.4 Å². The Hall–Kier alpha value is -1.56. The van der Waals surface area contributed by atoms with E-state index < -0.39 is 15.1 Å². The second kappa shape index (κ2) is 5.21. The van der Waals surface area contributed by atoms with Crippen LogP contribution in [0.5, 0.6) is 5.75 Å². The molecule has 104 valence electrons. The first-order chi connectivity index (χ1) is 8.91. The lowest BCUT2D eigenvalue weighted by molar-refractivity contribution is 0.0793. The first-order valence-corrected chi connectivity index (χ1v) is 7.99. The van der Waals surface area contributed by atoms with Crippen molar-refractivity contribution in [3.05, 3.63) is 29.8 Å².